The Kier molecular flexibility index (Phi) is 3.67. The van der Waals surface area contributed by atoms with Crippen LogP contribution in [-0.4, -0.2) is 16.1 Å². The molecule has 0 saturated carbocycles. The van der Waals surface area contributed by atoms with Crippen LogP contribution in [-0.2, 0) is 0 Å². The molecule has 0 spiro atoms. The largest absolute Gasteiger partial charge is 0.477 e. The molecule has 5 nitrogen and oxygen atoms in total. The molecule has 5 heteroatoms. The fourth-order valence-corrected chi connectivity index (χ4v) is 1.86. The van der Waals surface area contributed by atoms with Crippen LogP contribution in [0.15, 0.2) is 30.5 Å². The van der Waals surface area contributed by atoms with E-state index < -0.39 is 5.97 Å². The highest BCUT2D eigenvalue weighted by Gasteiger charge is 2.09. The summed E-state index contributed by atoms with van der Waals surface area (Å²) >= 11 is 0. The van der Waals surface area contributed by atoms with Crippen molar-refractivity contribution in [2.75, 3.05) is 0 Å². The number of carbonyl (C=O) groups is 1. The van der Waals surface area contributed by atoms with Gasteiger partial charge in [0.25, 0.3) is 0 Å². The van der Waals surface area contributed by atoms with Gasteiger partial charge in [-0.1, -0.05) is 0 Å². The second-order valence-electron chi connectivity index (χ2n) is 4.34. The second-order valence-corrected chi connectivity index (χ2v) is 4.34. The monoisotopic (exact) mass is 268 g/mol. The molecular weight excluding hydrogens is 256 g/mol. The molecule has 100 valence electrons. The van der Waals surface area contributed by atoms with Gasteiger partial charge >= 0.3 is 5.97 Å². The molecule has 0 aliphatic heterocycles. The van der Waals surface area contributed by atoms with E-state index in [1.807, 2.05) is 13.8 Å². The summed E-state index contributed by atoms with van der Waals surface area (Å²) in [5.41, 5.74) is 2.21. The average Bonchev–Trinajstić information content (AvgIpc) is 2.43. The molecule has 1 N–H and O–H groups in total. The maximum atomic E-state index is 10.7. The Morgan fingerprint density at radius 3 is 2.40 bits per heavy atom. The highest BCUT2D eigenvalue weighted by molar-refractivity contribution is 5.85. The lowest BCUT2D eigenvalue weighted by molar-refractivity contribution is 0.0690. The number of aromatic nitrogens is 1. The Morgan fingerprint density at radius 2 is 1.95 bits per heavy atom. The van der Waals surface area contributed by atoms with Gasteiger partial charge in [-0.15, -0.1) is 0 Å². The van der Waals surface area contributed by atoms with Gasteiger partial charge in [-0.05, 0) is 49.2 Å². The van der Waals surface area contributed by atoms with Gasteiger partial charge in [-0.2, -0.15) is 5.26 Å². The van der Waals surface area contributed by atoms with Gasteiger partial charge in [0.15, 0.2) is 0 Å². The van der Waals surface area contributed by atoms with Crippen LogP contribution in [0, 0.1) is 25.2 Å². The van der Waals surface area contributed by atoms with Crippen LogP contribution < -0.4 is 4.74 Å². The zero-order chi connectivity index (χ0) is 14.7. The highest BCUT2D eigenvalue weighted by Crippen LogP contribution is 2.29. The van der Waals surface area contributed by atoms with Crippen molar-refractivity contribution < 1.29 is 14.6 Å². The number of nitriles is 1. The average molecular weight is 268 g/mol. The van der Waals surface area contributed by atoms with Crippen molar-refractivity contribution in [3.8, 4) is 17.6 Å². The molecule has 0 fully saturated rings. The summed E-state index contributed by atoms with van der Waals surface area (Å²) in [6, 6.07) is 8.49. The number of aromatic carboxylic acids is 1. The SMILES string of the molecule is Cc1cc(C#N)cc(C)c1Oc1ccc(C(=O)O)nc1. The zero-order valence-electron chi connectivity index (χ0n) is 11.0. The lowest BCUT2D eigenvalue weighted by Crippen LogP contribution is -2.00. The molecule has 0 aliphatic carbocycles. The molecule has 0 atom stereocenters. The zero-order valence-corrected chi connectivity index (χ0v) is 11.0. The van der Waals surface area contributed by atoms with Crippen molar-refractivity contribution in [2.24, 2.45) is 0 Å². The van der Waals surface area contributed by atoms with E-state index in [0.29, 0.717) is 17.1 Å². The van der Waals surface area contributed by atoms with Crippen LogP contribution in [0.3, 0.4) is 0 Å². The molecule has 2 rings (SSSR count). The van der Waals surface area contributed by atoms with Crippen LogP contribution >= 0.6 is 0 Å². The summed E-state index contributed by atoms with van der Waals surface area (Å²) < 4.78 is 5.71. The Bertz CT molecular complexity index is 677. The molecule has 0 radical (unpaired) electrons. The van der Waals surface area contributed by atoms with Gasteiger partial charge in [0.05, 0.1) is 17.8 Å². The number of hydrogen-bond donors (Lipinski definition) is 1. The van der Waals surface area contributed by atoms with Gasteiger partial charge in [0.2, 0.25) is 0 Å². The van der Waals surface area contributed by atoms with Crippen LogP contribution in [0.4, 0.5) is 0 Å². The first kappa shape index (κ1) is 13.6. The topological polar surface area (TPSA) is 83.2 Å². The Labute approximate surface area is 116 Å². The van der Waals surface area contributed by atoms with E-state index >= 15 is 0 Å². The molecule has 0 amide bonds. The predicted octanol–water partition coefficient (Wildman–Crippen LogP) is 3.06. The van der Waals surface area contributed by atoms with Crippen molar-refractivity contribution in [3.05, 3.63) is 52.8 Å². The molecule has 1 aromatic carbocycles. The van der Waals surface area contributed by atoms with Crippen molar-refractivity contribution in [2.45, 2.75) is 13.8 Å². The van der Waals surface area contributed by atoms with E-state index in [9.17, 15) is 4.79 Å². The second kappa shape index (κ2) is 5.41. The summed E-state index contributed by atoms with van der Waals surface area (Å²) in [7, 11) is 0. The minimum atomic E-state index is -1.08. The Balaban J connectivity index is 2.31. The molecule has 1 aromatic heterocycles. The summed E-state index contributed by atoms with van der Waals surface area (Å²) in [6.07, 6.45) is 1.36. The maximum Gasteiger partial charge on any atom is 0.354 e. The third-order valence-electron chi connectivity index (χ3n) is 2.76. The Hall–Kier alpha value is -2.87. The molecule has 0 bridgehead atoms. The predicted molar refractivity (Wildman–Crippen MR) is 71.9 cm³/mol. The van der Waals surface area contributed by atoms with Crippen molar-refractivity contribution in [3.63, 3.8) is 0 Å². The van der Waals surface area contributed by atoms with Crippen LogP contribution in [0.1, 0.15) is 27.2 Å². The number of carboxylic acid groups (broad SMARTS) is 1. The van der Waals surface area contributed by atoms with Crippen molar-refractivity contribution in [1.82, 2.24) is 4.98 Å². The summed E-state index contributed by atoms with van der Waals surface area (Å²) in [4.78, 5) is 14.5. The fraction of sp³-hybridized carbons (Fsp3) is 0.133. The van der Waals surface area contributed by atoms with E-state index in [2.05, 4.69) is 11.1 Å². The highest BCUT2D eigenvalue weighted by atomic mass is 16.5. The number of ether oxygens (including phenoxy) is 1. The van der Waals surface area contributed by atoms with E-state index in [-0.39, 0.29) is 5.69 Å². The van der Waals surface area contributed by atoms with E-state index in [1.54, 1.807) is 18.2 Å². The van der Waals surface area contributed by atoms with E-state index in [1.165, 1.54) is 12.3 Å². The normalized spacial score (nSPS) is 9.85. The van der Waals surface area contributed by atoms with Gasteiger partial charge in [-0.25, -0.2) is 9.78 Å². The lowest BCUT2D eigenvalue weighted by atomic mass is 10.1. The summed E-state index contributed by atoms with van der Waals surface area (Å²) in [6.45, 7) is 3.70. The Morgan fingerprint density at radius 1 is 1.30 bits per heavy atom. The first-order valence-electron chi connectivity index (χ1n) is 5.90. The minimum Gasteiger partial charge on any atom is -0.477 e. The van der Waals surface area contributed by atoms with Crippen LogP contribution in [0.25, 0.3) is 0 Å². The van der Waals surface area contributed by atoms with Gasteiger partial charge < -0.3 is 9.84 Å². The van der Waals surface area contributed by atoms with Gasteiger partial charge in [0.1, 0.15) is 17.2 Å². The number of rotatable bonds is 3. The van der Waals surface area contributed by atoms with Gasteiger partial charge in [0, 0.05) is 0 Å². The number of benzene rings is 1. The van der Waals surface area contributed by atoms with Crippen molar-refractivity contribution in [1.29, 1.82) is 5.26 Å². The fourth-order valence-electron chi connectivity index (χ4n) is 1.86. The first-order valence-corrected chi connectivity index (χ1v) is 5.90. The third-order valence-corrected chi connectivity index (χ3v) is 2.76. The molecule has 20 heavy (non-hydrogen) atoms. The number of hydrogen-bond acceptors (Lipinski definition) is 4. The summed E-state index contributed by atoms with van der Waals surface area (Å²) in [5, 5.41) is 17.7. The van der Waals surface area contributed by atoms with E-state index in [4.69, 9.17) is 15.1 Å². The third kappa shape index (κ3) is 2.75. The number of nitrogens with zero attached hydrogens (tertiary/aromatic N) is 2. The molecule has 0 unspecified atom stereocenters. The molecule has 2 aromatic rings. The smallest absolute Gasteiger partial charge is 0.354 e. The molecular formula is C15H12N2O3. The minimum absolute atomic E-state index is 0.0365. The molecule has 0 saturated heterocycles. The number of aryl methyl sites for hydroxylation is 2. The van der Waals surface area contributed by atoms with Crippen LogP contribution in [0.2, 0.25) is 0 Å². The van der Waals surface area contributed by atoms with Crippen LogP contribution in [0.5, 0.6) is 11.5 Å². The van der Waals surface area contributed by atoms with E-state index in [0.717, 1.165) is 11.1 Å². The first-order chi connectivity index (χ1) is 9.51. The quantitative estimate of drug-likeness (QED) is 0.924. The van der Waals surface area contributed by atoms with Crippen molar-refractivity contribution >= 4 is 5.97 Å². The standard InChI is InChI=1S/C15H12N2O3/c1-9-5-11(7-16)6-10(2)14(9)20-12-3-4-13(15(18)19)17-8-12/h3-6,8H,1-2H3,(H,18,19). The maximum absolute atomic E-state index is 10.7. The lowest BCUT2D eigenvalue weighted by Gasteiger charge is -2.12. The molecule has 1 heterocycles. The summed E-state index contributed by atoms with van der Waals surface area (Å²) in [5.74, 6) is 0.0158. The number of carboxylic acids is 1. The number of pyridine rings is 1. The van der Waals surface area contributed by atoms with Gasteiger partial charge in [-0.3, -0.25) is 0 Å². The molecule has 0 aliphatic rings.